The molecule has 0 radical (unpaired) electrons. The highest BCUT2D eigenvalue weighted by Gasteiger charge is 2.29. The Bertz CT molecular complexity index is 548. The van der Waals surface area contributed by atoms with E-state index >= 15 is 0 Å². The van der Waals surface area contributed by atoms with Crippen molar-refractivity contribution in [1.29, 1.82) is 0 Å². The van der Waals surface area contributed by atoms with Crippen molar-refractivity contribution in [3.05, 3.63) is 22.5 Å². The predicted octanol–water partition coefficient (Wildman–Crippen LogP) is 2.82. The summed E-state index contributed by atoms with van der Waals surface area (Å²) in [4.78, 5) is 29.6. The van der Waals surface area contributed by atoms with E-state index in [1.807, 2.05) is 11.8 Å². The first-order chi connectivity index (χ1) is 9.97. The third kappa shape index (κ3) is 2.96. The largest absolute Gasteiger partial charge is 0.461 e. The fourth-order valence-corrected chi connectivity index (χ4v) is 3.02. The zero-order chi connectivity index (χ0) is 15.6. The lowest BCUT2D eigenvalue weighted by Crippen LogP contribution is -2.42. The number of aryl methyl sites for hydroxylation is 1. The minimum Gasteiger partial charge on any atom is -0.461 e. The van der Waals surface area contributed by atoms with Crippen molar-refractivity contribution in [2.24, 2.45) is 0 Å². The molecule has 0 unspecified atom stereocenters. The Morgan fingerprint density at radius 1 is 1.33 bits per heavy atom. The number of aromatic amines is 1. The van der Waals surface area contributed by atoms with Crippen LogP contribution in [0.2, 0.25) is 0 Å². The molecule has 5 nitrogen and oxygen atoms in total. The number of nitrogens with one attached hydrogen (secondary N) is 1. The van der Waals surface area contributed by atoms with Gasteiger partial charge >= 0.3 is 5.97 Å². The number of amides is 1. The molecule has 1 aliphatic heterocycles. The molecular weight excluding hydrogens is 268 g/mol. The van der Waals surface area contributed by atoms with Gasteiger partial charge in [-0.05, 0) is 52.5 Å². The van der Waals surface area contributed by atoms with Crippen LogP contribution in [0.25, 0.3) is 0 Å². The zero-order valence-corrected chi connectivity index (χ0v) is 13.3. The Kier molecular flexibility index (Phi) is 4.70. The summed E-state index contributed by atoms with van der Waals surface area (Å²) in [6, 6.07) is 0.256. The summed E-state index contributed by atoms with van der Waals surface area (Å²) in [5, 5.41) is 0. The molecule has 0 spiro atoms. The van der Waals surface area contributed by atoms with Crippen LogP contribution in [0.4, 0.5) is 0 Å². The molecule has 2 rings (SSSR count). The number of H-pyrrole nitrogens is 1. The van der Waals surface area contributed by atoms with Gasteiger partial charge in [-0.25, -0.2) is 4.79 Å². The van der Waals surface area contributed by atoms with E-state index in [0.717, 1.165) is 25.1 Å². The maximum atomic E-state index is 12.8. The average molecular weight is 292 g/mol. The first kappa shape index (κ1) is 15.6. The van der Waals surface area contributed by atoms with Crippen LogP contribution in [0.3, 0.4) is 0 Å². The van der Waals surface area contributed by atoms with Gasteiger partial charge in [-0.3, -0.25) is 4.79 Å². The van der Waals surface area contributed by atoms with Gasteiger partial charge in [0, 0.05) is 18.3 Å². The van der Waals surface area contributed by atoms with Crippen LogP contribution in [0.5, 0.6) is 0 Å². The highest BCUT2D eigenvalue weighted by molar-refractivity contribution is 6.01. The molecule has 0 saturated carbocycles. The van der Waals surface area contributed by atoms with E-state index in [1.165, 1.54) is 6.42 Å². The smallest absolute Gasteiger partial charge is 0.355 e. The van der Waals surface area contributed by atoms with Crippen molar-refractivity contribution in [2.75, 3.05) is 13.2 Å². The maximum absolute atomic E-state index is 12.8. The second-order valence-electron chi connectivity index (χ2n) is 5.69. The Morgan fingerprint density at radius 2 is 2.05 bits per heavy atom. The SMILES string of the molecule is CCOC(=O)c1[nH]c(C)c(C(=O)N2CCCC[C@@H]2C)c1C. The van der Waals surface area contributed by atoms with Gasteiger partial charge < -0.3 is 14.6 Å². The van der Waals surface area contributed by atoms with Gasteiger partial charge in [0.25, 0.3) is 5.91 Å². The molecule has 116 valence electrons. The van der Waals surface area contributed by atoms with Crippen LogP contribution in [-0.2, 0) is 4.74 Å². The average Bonchev–Trinajstić information content (AvgIpc) is 2.74. The van der Waals surface area contributed by atoms with Crippen LogP contribution >= 0.6 is 0 Å². The number of carbonyl (C=O) groups excluding carboxylic acids is 2. The molecule has 1 saturated heterocycles. The van der Waals surface area contributed by atoms with Crippen molar-refractivity contribution in [3.63, 3.8) is 0 Å². The summed E-state index contributed by atoms with van der Waals surface area (Å²) in [7, 11) is 0. The molecule has 2 heterocycles. The fourth-order valence-electron chi connectivity index (χ4n) is 3.02. The summed E-state index contributed by atoms with van der Waals surface area (Å²) in [5.41, 5.74) is 2.43. The van der Waals surface area contributed by atoms with Crippen LogP contribution in [0, 0.1) is 13.8 Å². The Balaban J connectivity index is 2.31. The Morgan fingerprint density at radius 3 is 2.67 bits per heavy atom. The summed E-state index contributed by atoms with van der Waals surface area (Å²) in [5.74, 6) is -0.382. The third-order valence-corrected chi connectivity index (χ3v) is 4.19. The third-order valence-electron chi connectivity index (χ3n) is 4.19. The highest BCUT2D eigenvalue weighted by atomic mass is 16.5. The first-order valence-electron chi connectivity index (χ1n) is 7.64. The number of rotatable bonds is 3. The number of piperidine rings is 1. The molecule has 1 N–H and O–H groups in total. The topological polar surface area (TPSA) is 62.4 Å². The standard InChI is InChI=1S/C16H24N2O3/c1-5-21-16(20)14-11(3)13(12(4)17-14)15(19)18-9-7-6-8-10(18)2/h10,17H,5-9H2,1-4H3/t10-/m0/s1. The Labute approximate surface area is 125 Å². The lowest BCUT2D eigenvalue weighted by atomic mass is 10.0. The van der Waals surface area contributed by atoms with Gasteiger partial charge in [-0.1, -0.05) is 0 Å². The number of likely N-dealkylation sites (tertiary alicyclic amines) is 1. The molecule has 1 aromatic heterocycles. The monoisotopic (exact) mass is 292 g/mol. The molecule has 1 amide bonds. The second kappa shape index (κ2) is 6.33. The number of carbonyl (C=O) groups is 2. The molecule has 0 bridgehead atoms. The van der Waals surface area contributed by atoms with Crippen molar-refractivity contribution < 1.29 is 14.3 Å². The molecule has 21 heavy (non-hydrogen) atoms. The summed E-state index contributed by atoms with van der Waals surface area (Å²) < 4.78 is 5.03. The van der Waals surface area contributed by atoms with Crippen molar-refractivity contribution >= 4 is 11.9 Å². The van der Waals surface area contributed by atoms with Crippen LogP contribution < -0.4 is 0 Å². The van der Waals surface area contributed by atoms with E-state index in [2.05, 4.69) is 11.9 Å². The molecule has 1 fully saturated rings. The van der Waals surface area contributed by atoms with E-state index in [1.54, 1.807) is 13.8 Å². The maximum Gasteiger partial charge on any atom is 0.355 e. The van der Waals surface area contributed by atoms with Crippen molar-refractivity contribution in [2.45, 2.75) is 53.0 Å². The van der Waals surface area contributed by atoms with Gasteiger partial charge in [0.05, 0.1) is 12.2 Å². The number of ether oxygens (including phenoxy) is 1. The molecule has 1 aliphatic rings. The number of hydrogen-bond donors (Lipinski definition) is 1. The lowest BCUT2D eigenvalue weighted by Gasteiger charge is -2.33. The summed E-state index contributed by atoms with van der Waals surface area (Å²) in [6.45, 7) is 8.60. The summed E-state index contributed by atoms with van der Waals surface area (Å²) >= 11 is 0. The van der Waals surface area contributed by atoms with E-state index in [-0.39, 0.29) is 11.9 Å². The number of hydrogen-bond acceptors (Lipinski definition) is 3. The molecule has 1 atom stereocenters. The first-order valence-corrected chi connectivity index (χ1v) is 7.64. The predicted molar refractivity (Wildman–Crippen MR) is 80.6 cm³/mol. The van der Waals surface area contributed by atoms with Crippen LogP contribution in [0.1, 0.15) is 65.2 Å². The van der Waals surface area contributed by atoms with Crippen LogP contribution in [-0.4, -0.2) is 41.0 Å². The number of aromatic nitrogens is 1. The molecule has 0 aromatic carbocycles. The minimum atomic E-state index is -0.399. The number of esters is 1. The Hall–Kier alpha value is -1.78. The zero-order valence-electron chi connectivity index (χ0n) is 13.3. The van der Waals surface area contributed by atoms with E-state index in [9.17, 15) is 9.59 Å². The van der Waals surface area contributed by atoms with Gasteiger partial charge in [0.1, 0.15) is 5.69 Å². The highest BCUT2D eigenvalue weighted by Crippen LogP contribution is 2.24. The molecule has 1 aromatic rings. The second-order valence-corrected chi connectivity index (χ2v) is 5.69. The molecule has 5 heteroatoms. The van der Waals surface area contributed by atoms with E-state index < -0.39 is 5.97 Å². The minimum absolute atomic E-state index is 0.0176. The van der Waals surface area contributed by atoms with Gasteiger partial charge in [-0.15, -0.1) is 0 Å². The van der Waals surface area contributed by atoms with E-state index in [0.29, 0.717) is 23.4 Å². The van der Waals surface area contributed by atoms with Crippen molar-refractivity contribution in [3.8, 4) is 0 Å². The van der Waals surface area contributed by atoms with Crippen molar-refractivity contribution in [1.82, 2.24) is 9.88 Å². The summed E-state index contributed by atoms with van der Waals surface area (Å²) in [6.07, 6.45) is 3.26. The fraction of sp³-hybridized carbons (Fsp3) is 0.625. The quantitative estimate of drug-likeness (QED) is 0.871. The van der Waals surface area contributed by atoms with Gasteiger partial charge in [0.15, 0.2) is 0 Å². The molecule has 0 aliphatic carbocycles. The van der Waals surface area contributed by atoms with E-state index in [4.69, 9.17) is 4.74 Å². The number of nitrogens with zero attached hydrogens (tertiary/aromatic N) is 1. The normalized spacial score (nSPS) is 18.7. The van der Waals surface area contributed by atoms with Gasteiger partial charge in [0.2, 0.25) is 0 Å². The lowest BCUT2D eigenvalue weighted by molar-refractivity contribution is 0.0519. The van der Waals surface area contributed by atoms with Crippen LogP contribution in [0.15, 0.2) is 0 Å². The molecular formula is C16H24N2O3. The van der Waals surface area contributed by atoms with Gasteiger partial charge in [-0.2, -0.15) is 0 Å².